The van der Waals surface area contributed by atoms with Gasteiger partial charge >= 0.3 is 5.97 Å². The van der Waals surface area contributed by atoms with E-state index in [2.05, 4.69) is 0 Å². The first-order valence-electron chi connectivity index (χ1n) is 4.95. The van der Waals surface area contributed by atoms with Crippen LogP contribution in [0.2, 0.25) is 0 Å². The zero-order chi connectivity index (χ0) is 12.3. The smallest absolute Gasteiger partial charge is 0.376 e. The zero-order valence-electron chi connectivity index (χ0n) is 9.57. The normalized spacial score (nSPS) is 10.7. The van der Waals surface area contributed by atoms with Gasteiger partial charge in [0.1, 0.15) is 0 Å². The maximum Gasteiger partial charge on any atom is 0.376 e. The van der Waals surface area contributed by atoms with E-state index in [4.69, 9.17) is 5.11 Å². The van der Waals surface area contributed by atoms with Crippen LogP contribution in [0.3, 0.4) is 0 Å². The second-order valence-corrected chi connectivity index (χ2v) is 3.80. The lowest BCUT2D eigenvalue weighted by atomic mass is 10.0. The molecule has 0 bridgehead atoms. The molecule has 0 radical (unpaired) electrons. The van der Waals surface area contributed by atoms with Crippen LogP contribution in [0.1, 0.15) is 22.3 Å². The second-order valence-electron chi connectivity index (χ2n) is 3.80. The molecular weight excluding hydrogens is 204 g/mol. The number of aryl methyl sites for hydroxylation is 3. The Labute approximate surface area is 94.4 Å². The summed E-state index contributed by atoms with van der Waals surface area (Å²) >= 11 is 0. The molecule has 0 aliphatic carbocycles. The minimum absolute atomic E-state index is 0.873. The van der Waals surface area contributed by atoms with Crippen molar-refractivity contribution in [3.63, 3.8) is 0 Å². The van der Waals surface area contributed by atoms with E-state index in [0.29, 0.717) is 0 Å². The monoisotopic (exact) mass is 218 g/mol. The van der Waals surface area contributed by atoms with Crippen molar-refractivity contribution in [2.24, 2.45) is 0 Å². The van der Waals surface area contributed by atoms with E-state index in [1.807, 2.05) is 32.9 Å². The highest BCUT2D eigenvalue weighted by Gasteiger charge is 2.06. The van der Waals surface area contributed by atoms with Crippen LogP contribution in [0, 0.1) is 20.8 Å². The molecule has 1 N–H and O–H groups in total. The second kappa shape index (κ2) is 4.75. The fraction of sp³-hybridized carbons (Fsp3) is 0.231. The van der Waals surface area contributed by atoms with Gasteiger partial charge in [0.05, 0.1) is 0 Å². The van der Waals surface area contributed by atoms with Gasteiger partial charge in [-0.15, -0.1) is 0 Å². The molecule has 0 aromatic heterocycles. The van der Waals surface area contributed by atoms with Crippen molar-refractivity contribution in [2.75, 3.05) is 0 Å². The number of ketones is 1. The van der Waals surface area contributed by atoms with E-state index >= 15 is 0 Å². The third kappa shape index (κ3) is 2.79. The molecule has 0 saturated heterocycles. The van der Waals surface area contributed by atoms with Crippen molar-refractivity contribution < 1.29 is 14.7 Å². The number of aliphatic carboxylic acids is 1. The summed E-state index contributed by atoms with van der Waals surface area (Å²) in [6.45, 7) is 5.92. The topological polar surface area (TPSA) is 54.4 Å². The number of benzene rings is 1. The van der Waals surface area contributed by atoms with Crippen LogP contribution in [-0.2, 0) is 9.59 Å². The maximum atomic E-state index is 10.9. The molecule has 0 atom stereocenters. The van der Waals surface area contributed by atoms with Gasteiger partial charge in [0.25, 0.3) is 5.78 Å². The van der Waals surface area contributed by atoms with Crippen LogP contribution in [0.25, 0.3) is 6.08 Å². The molecule has 3 heteroatoms. The summed E-state index contributed by atoms with van der Waals surface area (Å²) in [6, 6.07) is 3.95. The predicted octanol–water partition coefficient (Wildman–Crippen LogP) is 2.28. The first-order chi connectivity index (χ1) is 7.41. The molecule has 0 spiro atoms. The fourth-order valence-electron chi connectivity index (χ4n) is 1.40. The Hall–Kier alpha value is -1.90. The van der Waals surface area contributed by atoms with Gasteiger partial charge in [-0.1, -0.05) is 18.2 Å². The molecule has 0 amide bonds. The Morgan fingerprint density at radius 2 is 1.62 bits per heavy atom. The van der Waals surface area contributed by atoms with Crippen LogP contribution >= 0.6 is 0 Å². The molecule has 84 valence electrons. The predicted molar refractivity (Wildman–Crippen MR) is 62.3 cm³/mol. The number of hydrogen-bond donors (Lipinski definition) is 1. The quantitative estimate of drug-likeness (QED) is 0.625. The minimum Gasteiger partial charge on any atom is -0.475 e. The number of carbonyl (C=O) groups is 2. The SMILES string of the molecule is Cc1cc(C)c(/C=C/C(=O)C(=O)O)cc1C. The molecule has 0 saturated carbocycles. The van der Waals surface area contributed by atoms with Crippen molar-refractivity contribution in [3.8, 4) is 0 Å². The Morgan fingerprint density at radius 1 is 1.06 bits per heavy atom. The van der Waals surface area contributed by atoms with Gasteiger partial charge in [0.2, 0.25) is 0 Å². The lowest BCUT2D eigenvalue weighted by Crippen LogP contribution is -2.08. The van der Waals surface area contributed by atoms with Gasteiger partial charge in [-0.2, -0.15) is 0 Å². The number of carboxylic acid groups (broad SMARTS) is 1. The fourth-order valence-corrected chi connectivity index (χ4v) is 1.40. The molecule has 16 heavy (non-hydrogen) atoms. The third-order valence-corrected chi connectivity index (χ3v) is 2.51. The van der Waals surface area contributed by atoms with Crippen LogP contribution in [0.15, 0.2) is 18.2 Å². The summed E-state index contributed by atoms with van der Waals surface area (Å²) in [5.74, 6) is -2.34. The summed E-state index contributed by atoms with van der Waals surface area (Å²) < 4.78 is 0. The van der Waals surface area contributed by atoms with Crippen molar-refractivity contribution in [3.05, 3.63) is 40.5 Å². The van der Waals surface area contributed by atoms with Crippen molar-refractivity contribution in [1.82, 2.24) is 0 Å². The van der Waals surface area contributed by atoms with Gasteiger partial charge in [-0.3, -0.25) is 4.79 Å². The summed E-state index contributed by atoms with van der Waals surface area (Å²) in [7, 11) is 0. The van der Waals surface area contributed by atoms with Gasteiger partial charge < -0.3 is 5.11 Å². The lowest BCUT2D eigenvalue weighted by molar-refractivity contribution is -0.146. The average molecular weight is 218 g/mol. The number of carbonyl (C=O) groups excluding carboxylic acids is 1. The van der Waals surface area contributed by atoms with E-state index in [9.17, 15) is 9.59 Å². The highest BCUT2D eigenvalue weighted by Crippen LogP contribution is 2.16. The van der Waals surface area contributed by atoms with Crippen LogP contribution in [-0.4, -0.2) is 16.9 Å². The van der Waals surface area contributed by atoms with Crippen LogP contribution < -0.4 is 0 Å². The van der Waals surface area contributed by atoms with Gasteiger partial charge in [-0.05, 0) is 49.1 Å². The molecule has 1 aromatic carbocycles. The summed E-state index contributed by atoms with van der Waals surface area (Å²) in [4.78, 5) is 21.2. The first kappa shape index (κ1) is 12.2. The molecule has 0 heterocycles. The Bertz CT molecular complexity index is 470. The summed E-state index contributed by atoms with van der Waals surface area (Å²) in [5.41, 5.74) is 4.20. The highest BCUT2D eigenvalue weighted by atomic mass is 16.4. The Balaban J connectivity index is 3.02. The zero-order valence-corrected chi connectivity index (χ0v) is 9.57. The van der Waals surface area contributed by atoms with Crippen molar-refractivity contribution in [2.45, 2.75) is 20.8 Å². The highest BCUT2D eigenvalue weighted by molar-refractivity contribution is 6.38. The lowest BCUT2D eigenvalue weighted by Gasteiger charge is -2.05. The maximum absolute atomic E-state index is 10.9. The van der Waals surface area contributed by atoms with E-state index < -0.39 is 11.8 Å². The molecule has 0 fully saturated rings. The van der Waals surface area contributed by atoms with Crippen molar-refractivity contribution in [1.29, 1.82) is 0 Å². The molecule has 1 rings (SSSR count). The van der Waals surface area contributed by atoms with Gasteiger partial charge in [-0.25, -0.2) is 4.79 Å². The molecule has 0 unspecified atom stereocenters. The summed E-state index contributed by atoms with van der Waals surface area (Å²) in [5, 5.41) is 8.43. The molecule has 3 nitrogen and oxygen atoms in total. The van der Waals surface area contributed by atoms with E-state index in [-0.39, 0.29) is 0 Å². The third-order valence-electron chi connectivity index (χ3n) is 2.51. The van der Waals surface area contributed by atoms with Gasteiger partial charge in [0, 0.05) is 0 Å². The van der Waals surface area contributed by atoms with Crippen molar-refractivity contribution >= 4 is 17.8 Å². The minimum atomic E-state index is -1.43. The largest absolute Gasteiger partial charge is 0.475 e. The molecular formula is C13H14O3. The molecule has 1 aromatic rings. The van der Waals surface area contributed by atoms with E-state index in [1.165, 1.54) is 11.6 Å². The summed E-state index contributed by atoms with van der Waals surface area (Å²) in [6.07, 6.45) is 2.62. The number of rotatable bonds is 3. The number of hydrogen-bond acceptors (Lipinski definition) is 2. The van der Waals surface area contributed by atoms with Crippen LogP contribution in [0.4, 0.5) is 0 Å². The Morgan fingerprint density at radius 3 is 2.19 bits per heavy atom. The molecule has 0 aliphatic heterocycles. The van der Waals surface area contributed by atoms with E-state index in [0.717, 1.165) is 22.8 Å². The van der Waals surface area contributed by atoms with E-state index in [1.54, 1.807) is 0 Å². The average Bonchev–Trinajstić information content (AvgIpc) is 2.20. The molecule has 0 aliphatic rings. The first-order valence-corrected chi connectivity index (χ1v) is 4.95. The van der Waals surface area contributed by atoms with Gasteiger partial charge in [0.15, 0.2) is 0 Å². The number of carboxylic acids is 1. The standard InChI is InChI=1S/C13H14O3/c1-8-6-10(3)11(7-9(8)2)4-5-12(14)13(15)16/h4-7H,1-3H3,(H,15,16)/b5-4+. The Kier molecular flexibility index (Phi) is 3.61. The van der Waals surface area contributed by atoms with Crippen LogP contribution in [0.5, 0.6) is 0 Å².